The summed E-state index contributed by atoms with van der Waals surface area (Å²) < 4.78 is 114. The van der Waals surface area contributed by atoms with Gasteiger partial charge in [-0.25, -0.2) is 27.4 Å². The molecule has 0 aliphatic carbocycles. The highest BCUT2D eigenvalue weighted by molar-refractivity contribution is 7.46. The third-order valence-corrected chi connectivity index (χ3v) is 0.433. The lowest BCUT2D eigenvalue weighted by atomic mass is 11.0. The van der Waals surface area contributed by atoms with Gasteiger partial charge in [0.1, 0.15) is 0 Å². The molecule has 13 N–H and O–H groups in total. The molecule has 0 amide bonds. The normalized spacial score (nSPS) is 11.3. The van der Waals surface area contributed by atoms with Crippen molar-refractivity contribution < 1.29 is 116 Å². The minimum Gasteiger partial charge on any atom is -0.691 e. The summed E-state index contributed by atoms with van der Waals surface area (Å²) in [7, 11) is -30.8. The molecule has 0 atom stereocenters. The zero-order valence-corrected chi connectivity index (χ0v) is 21.1. The highest BCUT2D eigenvalue weighted by atomic mass is 31.2. The van der Waals surface area contributed by atoms with E-state index in [2.05, 4.69) is 10.3 Å². The third kappa shape index (κ3) is 852. The van der Waals surface area contributed by atoms with Gasteiger partial charge < -0.3 is 5.21 Å². The maximum Gasteiger partial charge on any atom is 0.507 e. The highest BCUT2D eigenvalue weighted by Crippen LogP contribution is 2.37. The molecule has 0 aliphatic rings. The van der Waals surface area contributed by atoms with Crippen LogP contribution >= 0.6 is 47.4 Å². The second kappa shape index (κ2) is 21.4. The van der Waals surface area contributed by atoms with Crippen LogP contribution in [0.4, 0.5) is 25.2 Å². The molecule has 0 spiro atoms. The van der Waals surface area contributed by atoms with Gasteiger partial charge in [0.25, 0.3) is 0 Å². The molecule has 224 valence electrons. The molecule has 0 bridgehead atoms. The van der Waals surface area contributed by atoms with Gasteiger partial charge in [0, 0.05) is 0 Å². The van der Waals surface area contributed by atoms with Crippen LogP contribution in [0.15, 0.2) is 12.4 Å². The fourth-order valence-electron chi connectivity index (χ4n) is 0.221. The number of hydrogen-bond acceptors (Lipinski definition) is 8. The summed E-state index contributed by atoms with van der Waals surface area (Å²) >= 11 is 0. The molecule has 22 nitrogen and oxygen atoms in total. The number of aromatic amines is 1. The van der Waals surface area contributed by atoms with Gasteiger partial charge in [0.2, 0.25) is 0 Å². The van der Waals surface area contributed by atoms with Gasteiger partial charge in [0.15, 0.2) is 12.4 Å². The van der Waals surface area contributed by atoms with Gasteiger partial charge in [-0.1, -0.05) is 0 Å². The standard InChI is InChI=1S/C2H3N3O.6FH2O3P/c6-5-2-1-3-4-5;6*1-5(2,3)4/h1-3H;6*(H2,2,3,4). The second-order valence-corrected chi connectivity index (χ2v) is 9.36. The molecule has 1 rings (SSSR count). The SMILES string of the molecule is O=P(O)(O)F.O=P(O)(O)F.O=P(O)(O)F.O=P(O)(O)F.O=P(O)(O)F.O=P(O)(O)F.[O-][n+]1cc[nH]n1. The van der Waals surface area contributed by atoms with E-state index < -0.39 is 47.4 Å². The maximum absolute atomic E-state index is 10.4. The van der Waals surface area contributed by atoms with Crippen LogP contribution in [-0.4, -0.2) is 69.0 Å². The van der Waals surface area contributed by atoms with E-state index in [0.717, 1.165) is 0 Å². The molecule has 1 heterocycles. The summed E-state index contributed by atoms with van der Waals surface area (Å²) in [5, 5.41) is 15.3. The lowest BCUT2D eigenvalue weighted by molar-refractivity contribution is -0.668. The molecule has 0 radical (unpaired) electrons. The smallest absolute Gasteiger partial charge is 0.507 e. The van der Waals surface area contributed by atoms with Gasteiger partial charge in [-0.2, -0.15) is 5.10 Å². The first-order chi connectivity index (χ1) is 14.9. The van der Waals surface area contributed by atoms with Gasteiger partial charge in [-0.05, 0) is 0 Å². The molecule has 0 aromatic carbocycles. The molecular formula is C2H15F6N3O19P6. The van der Waals surface area contributed by atoms with Gasteiger partial charge in [-0.3, -0.25) is 58.7 Å². The van der Waals surface area contributed by atoms with Crippen molar-refractivity contribution in [2.24, 2.45) is 0 Å². The summed E-state index contributed by atoms with van der Waals surface area (Å²) in [5.41, 5.74) is 0. The molecular weight excluding hydrogens is 670 g/mol. The highest BCUT2D eigenvalue weighted by Gasteiger charge is 2.06. The Kier molecular flexibility index (Phi) is 28.8. The van der Waals surface area contributed by atoms with E-state index >= 15 is 0 Å². The van der Waals surface area contributed by atoms with Crippen LogP contribution in [0.3, 0.4) is 0 Å². The topological polar surface area (TPSA) is 401 Å². The minimum absolute atomic E-state index is 0.444. The second-order valence-electron chi connectivity index (χ2n) is 3.68. The zero-order chi connectivity index (χ0) is 31.4. The average Bonchev–Trinajstić information content (AvgIpc) is 2.76. The van der Waals surface area contributed by atoms with Crippen molar-refractivity contribution in [2.75, 3.05) is 0 Å². The first-order valence-corrected chi connectivity index (χ1v) is 15.0. The predicted molar refractivity (Wildman–Crippen MR) is 96.5 cm³/mol. The average molecular weight is 685 g/mol. The molecule has 0 unspecified atom stereocenters. The lowest BCUT2D eigenvalue weighted by Crippen LogP contribution is -2.26. The summed E-state index contributed by atoms with van der Waals surface area (Å²) in [6.45, 7) is 0. The van der Waals surface area contributed by atoms with Crippen molar-refractivity contribution in [3.63, 3.8) is 0 Å². The Morgan fingerprint density at radius 2 is 0.667 bits per heavy atom. The Morgan fingerprint density at radius 3 is 0.694 bits per heavy atom. The van der Waals surface area contributed by atoms with Crippen molar-refractivity contribution >= 4 is 47.4 Å². The summed E-state index contributed by atoms with van der Waals surface area (Å²) in [6.07, 6.45) is 2.73. The van der Waals surface area contributed by atoms with Crippen LogP contribution < -0.4 is 4.85 Å². The molecule has 0 saturated heterocycles. The lowest BCUT2D eigenvalue weighted by Gasteiger charge is -1.82. The van der Waals surface area contributed by atoms with E-state index in [1.165, 1.54) is 12.4 Å². The summed E-state index contributed by atoms with van der Waals surface area (Å²) in [5.74, 6) is 0. The van der Waals surface area contributed by atoms with Crippen molar-refractivity contribution in [3.8, 4) is 0 Å². The van der Waals surface area contributed by atoms with Crippen LogP contribution in [0.5, 0.6) is 0 Å². The van der Waals surface area contributed by atoms with Crippen molar-refractivity contribution in [1.82, 2.24) is 10.3 Å². The number of halogens is 6. The molecule has 0 aliphatic heterocycles. The van der Waals surface area contributed by atoms with Gasteiger partial charge in [0.05, 0.1) is 5.21 Å². The van der Waals surface area contributed by atoms with E-state index in [9.17, 15) is 30.4 Å². The van der Waals surface area contributed by atoms with Gasteiger partial charge in [-0.15, -0.1) is 30.0 Å². The number of hydrogen-bond donors (Lipinski definition) is 13. The zero-order valence-electron chi connectivity index (χ0n) is 15.7. The minimum atomic E-state index is -5.14. The number of nitrogens with zero attached hydrogens (tertiary/aromatic N) is 2. The number of aromatic nitrogens is 3. The number of H-pyrrole nitrogens is 1. The fraction of sp³-hybridized carbons (Fsp3) is 0. The Balaban J connectivity index is -0.0000000731. The number of rotatable bonds is 0. The fourth-order valence-corrected chi connectivity index (χ4v) is 0.221. The van der Waals surface area contributed by atoms with Crippen LogP contribution in [0, 0.1) is 5.21 Å². The molecule has 0 fully saturated rings. The van der Waals surface area contributed by atoms with Crippen molar-refractivity contribution in [1.29, 1.82) is 0 Å². The van der Waals surface area contributed by atoms with Crippen molar-refractivity contribution in [2.45, 2.75) is 0 Å². The van der Waals surface area contributed by atoms with Crippen LogP contribution in [0.2, 0.25) is 0 Å². The van der Waals surface area contributed by atoms with Crippen LogP contribution in [-0.2, 0) is 27.4 Å². The Labute approximate surface area is 192 Å². The van der Waals surface area contributed by atoms with Crippen molar-refractivity contribution in [3.05, 3.63) is 17.6 Å². The summed E-state index contributed by atoms with van der Waals surface area (Å²) in [4.78, 5) is 84.0. The third-order valence-electron chi connectivity index (χ3n) is 0.433. The Bertz CT molecular complexity index is 717. The molecule has 1 aromatic rings. The van der Waals surface area contributed by atoms with E-state index in [-0.39, 0.29) is 0 Å². The van der Waals surface area contributed by atoms with E-state index in [4.69, 9.17) is 86.1 Å². The first kappa shape index (κ1) is 48.5. The number of nitrogens with one attached hydrogen (secondary N) is 1. The largest absolute Gasteiger partial charge is 0.691 e. The molecule has 36 heavy (non-hydrogen) atoms. The quantitative estimate of drug-likeness (QED) is 0.0697. The van der Waals surface area contributed by atoms with E-state index in [1.54, 1.807) is 0 Å². The molecule has 0 saturated carbocycles. The predicted octanol–water partition coefficient (Wildman–Crippen LogP) is -0.665. The van der Waals surface area contributed by atoms with E-state index in [0.29, 0.717) is 4.85 Å². The van der Waals surface area contributed by atoms with E-state index in [1.807, 2.05) is 0 Å². The monoisotopic (exact) mass is 685 g/mol. The maximum atomic E-state index is 10.4. The summed E-state index contributed by atoms with van der Waals surface area (Å²) in [6, 6.07) is 0. The molecule has 1 aromatic heterocycles. The van der Waals surface area contributed by atoms with Gasteiger partial charge >= 0.3 is 47.4 Å². The van der Waals surface area contributed by atoms with Crippen LogP contribution in [0.1, 0.15) is 0 Å². The Morgan fingerprint density at radius 1 is 0.528 bits per heavy atom. The first-order valence-electron chi connectivity index (χ1n) is 6.00. The Hall–Kier alpha value is -0.580. The van der Waals surface area contributed by atoms with Crippen LogP contribution in [0.25, 0.3) is 0 Å². The molecule has 34 heteroatoms.